The third kappa shape index (κ3) is 7.62. The molecule has 1 saturated heterocycles. The second kappa shape index (κ2) is 11.7. The van der Waals surface area contributed by atoms with Crippen molar-refractivity contribution in [1.29, 1.82) is 0 Å². The predicted molar refractivity (Wildman–Crippen MR) is 124 cm³/mol. The van der Waals surface area contributed by atoms with Gasteiger partial charge < -0.3 is 29.4 Å². The first-order chi connectivity index (χ1) is 15.8. The summed E-state index contributed by atoms with van der Waals surface area (Å²) in [7, 11) is 1.58. The van der Waals surface area contributed by atoms with Crippen molar-refractivity contribution in [2.24, 2.45) is 0 Å². The van der Waals surface area contributed by atoms with Gasteiger partial charge in [-0.05, 0) is 31.9 Å². The van der Waals surface area contributed by atoms with Gasteiger partial charge in [-0.25, -0.2) is 0 Å². The summed E-state index contributed by atoms with van der Waals surface area (Å²) in [6.45, 7) is 5.78. The van der Waals surface area contributed by atoms with E-state index >= 15 is 0 Å². The smallest absolute Gasteiger partial charge is 0.223 e. The van der Waals surface area contributed by atoms with E-state index in [1.54, 1.807) is 21.0 Å². The lowest BCUT2D eigenvalue weighted by molar-refractivity contribution is -0.289. The van der Waals surface area contributed by atoms with Gasteiger partial charge in [0, 0.05) is 7.11 Å². The van der Waals surface area contributed by atoms with Crippen LogP contribution in [0.25, 0.3) is 0 Å². The average molecular weight is 458 g/mol. The molecular weight excluding hydrogens is 422 g/mol. The van der Waals surface area contributed by atoms with Crippen molar-refractivity contribution in [2.75, 3.05) is 7.11 Å². The largest absolute Gasteiger partial charge is 0.390 e. The van der Waals surface area contributed by atoms with E-state index in [1.165, 1.54) is 0 Å². The van der Waals surface area contributed by atoms with Crippen LogP contribution in [-0.4, -0.2) is 54.4 Å². The minimum absolute atomic E-state index is 0.0345. The molecule has 0 aliphatic carbocycles. The first-order valence-corrected chi connectivity index (χ1v) is 11.3. The van der Waals surface area contributed by atoms with Crippen molar-refractivity contribution in [3.05, 3.63) is 71.8 Å². The first kappa shape index (κ1) is 25.3. The Hall–Kier alpha value is -2.29. The minimum atomic E-state index is -1.12. The van der Waals surface area contributed by atoms with Crippen molar-refractivity contribution < 1.29 is 28.8 Å². The Bertz CT molecular complexity index is 854. The van der Waals surface area contributed by atoms with Crippen molar-refractivity contribution in [1.82, 2.24) is 5.32 Å². The van der Waals surface area contributed by atoms with Crippen LogP contribution in [0.5, 0.6) is 0 Å². The minimum Gasteiger partial charge on any atom is -0.390 e. The highest BCUT2D eigenvalue weighted by Crippen LogP contribution is 2.28. The molecule has 180 valence electrons. The third-order valence-electron chi connectivity index (χ3n) is 5.54. The monoisotopic (exact) mass is 457 g/mol. The van der Waals surface area contributed by atoms with Gasteiger partial charge in [-0.3, -0.25) is 4.79 Å². The maximum absolute atomic E-state index is 12.6. The van der Waals surface area contributed by atoms with Crippen LogP contribution in [0.2, 0.25) is 0 Å². The first-order valence-electron chi connectivity index (χ1n) is 11.3. The second-order valence-electron chi connectivity index (χ2n) is 9.05. The molecular formula is C26H35NO6. The van der Waals surface area contributed by atoms with Gasteiger partial charge in [0.05, 0.1) is 37.4 Å². The summed E-state index contributed by atoms with van der Waals surface area (Å²) in [5.41, 5.74) is 0.909. The van der Waals surface area contributed by atoms with Crippen LogP contribution < -0.4 is 5.32 Å². The topological polar surface area (TPSA) is 86.2 Å². The maximum Gasteiger partial charge on any atom is 0.223 e. The molecule has 2 aromatic rings. The number of benzene rings is 2. The molecule has 0 bridgehead atoms. The number of aliphatic hydroxyl groups is 1. The van der Waals surface area contributed by atoms with E-state index in [9.17, 15) is 9.90 Å². The van der Waals surface area contributed by atoms with Crippen LogP contribution in [-0.2, 0) is 37.0 Å². The van der Waals surface area contributed by atoms with Crippen molar-refractivity contribution in [3.8, 4) is 0 Å². The Kier molecular flexibility index (Phi) is 9.00. The van der Waals surface area contributed by atoms with Gasteiger partial charge in [0.15, 0.2) is 6.29 Å². The SMILES string of the molecule is COC1C(OCc2ccccc2)OC(C)C(NC(=O)CC(C)(C)O)C1OCc1ccccc1. The van der Waals surface area contributed by atoms with Gasteiger partial charge in [0.1, 0.15) is 12.2 Å². The summed E-state index contributed by atoms with van der Waals surface area (Å²) in [6.07, 6.45) is -2.20. The normalized spacial score (nSPS) is 25.5. The predicted octanol–water partition coefficient (Wildman–Crippen LogP) is 3.19. The molecule has 33 heavy (non-hydrogen) atoms. The lowest BCUT2D eigenvalue weighted by Crippen LogP contribution is -2.64. The highest BCUT2D eigenvalue weighted by molar-refractivity contribution is 5.77. The maximum atomic E-state index is 12.6. The number of rotatable bonds is 10. The number of amides is 1. The number of hydrogen-bond donors (Lipinski definition) is 2. The number of ether oxygens (including phenoxy) is 4. The van der Waals surface area contributed by atoms with Gasteiger partial charge in [0.2, 0.25) is 5.91 Å². The summed E-state index contributed by atoms with van der Waals surface area (Å²) in [6, 6.07) is 19.2. The third-order valence-corrected chi connectivity index (χ3v) is 5.54. The molecule has 0 radical (unpaired) electrons. The Balaban J connectivity index is 1.76. The molecule has 5 atom stereocenters. The molecule has 1 fully saturated rings. The molecule has 0 spiro atoms. The molecule has 1 heterocycles. The van der Waals surface area contributed by atoms with E-state index in [4.69, 9.17) is 18.9 Å². The van der Waals surface area contributed by atoms with E-state index in [-0.39, 0.29) is 12.3 Å². The van der Waals surface area contributed by atoms with Crippen molar-refractivity contribution >= 4 is 5.91 Å². The summed E-state index contributed by atoms with van der Waals surface area (Å²) in [5.74, 6) is -0.283. The zero-order valence-electron chi connectivity index (χ0n) is 19.8. The number of hydrogen-bond acceptors (Lipinski definition) is 6. The van der Waals surface area contributed by atoms with Crippen LogP contribution in [0, 0.1) is 0 Å². The fourth-order valence-electron chi connectivity index (χ4n) is 3.93. The lowest BCUT2D eigenvalue weighted by atomic mass is 9.95. The number of carbonyl (C=O) groups is 1. The fraction of sp³-hybridized carbons (Fsp3) is 0.500. The van der Waals surface area contributed by atoms with Crippen LogP contribution >= 0.6 is 0 Å². The van der Waals surface area contributed by atoms with E-state index in [2.05, 4.69) is 5.32 Å². The highest BCUT2D eigenvalue weighted by atomic mass is 16.7. The summed E-state index contributed by atoms with van der Waals surface area (Å²) in [4.78, 5) is 12.6. The molecule has 0 saturated carbocycles. The standard InChI is InChI=1S/C26H35NO6/c1-18-22(27-21(28)15-26(2,3)29)23(31-16-19-11-7-5-8-12-19)24(30-4)25(33-18)32-17-20-13-9-6-10-14-20/h5-14,18,22-25,29H,15-17H2,1-4H3,(H,27,28). The summed E-state index contributed by atoms with van der Waals surface area (Å²) in [5, 5.41) is 13.0. The van der Waals surface area contributed by atoms with Gasteiger partial charge in [-0.1, -0.05) is 60.7 Å². The molecule has 1 aliphatic heterocycles. The molecule has 5 unspecified atom stereocenters. The molecule has 1 amide bonds. The molecule has 0 aromatic heterocycles. The van der Waals surface area contributed by atoms with Crippen LogP contribution in [0.3, 0.4) is 0 Å². The number of methoxy groups -OCH3 is 1. The fourth-order valence-corrected chi connectivity index (χ4v) is 3.93. The van der Waals surface area contributed by atoms with Crippen LogP contribution in [0.1, 0.15) is 38.3 Å². The van der Waals surface area contributed by atoms with E-state index in [1.807, 2.05) is 67.6 Å². The van der Waals surface area contributed by atoms with E-state index in [0.717, 1.165) is 11.1 Å². The van der Waals surface area contributed by atoms with Crippen LogP contribution in [0.4, 0.5) is 0 Å². The van der Waals surface area contributed by atoms with E-state index < -0.39 is 36.2 Å². The molecule has 7 heteroatoms. The van der Waals surface area contributed by atoms with Crippen molar-refractivity contribution in [3.63, 3.8) is 0 Å². The van der Waals surface area contributed by atoms with E-state index in [0.29, 0.717) is 13.2 Å². The second-order valence-corrected chi connectivity index (χ2v) is 9.05. The zero-order chi connectivity index (χ0) is 23.8. The average Bonchev–Trinajstić information content (AvgIpc) is 2.78. The quantitative estimate of drug-likeness (QED) is 0.570. The molecule has 2 aromatic carbocycles. The zero-order valence-corrected chi connectivity index (χ0v) is 19.8. The van der Waals surface area contributed by atoms with Gasteiger partial charge in [-0.2, -0.15) is 0 Å². The Labute approximate surface area is 196 Å². The molecule has 3 rings (SSSR count). The Morgan fingerprint density at radius 2 is 1.52 bits per heavy atom. The Morgan fingerprint density at radius 3 is 2.03 bits per heavy atom. The van der Waals surface area contributed by atoms with Gasteiger partial charge >= 0.3 is 0 Å². The van der Waals surface area contributed by atoms with Gasteiger partial charge in [0.25, 0.3) is 0 Å². The number of carbonyl (C=O) groups excluding carboxylic acids is 1. The lowest BCUT2D eigenvalue weighted by Gasteiger charge is -2.45. The van der Waals surface area contributed by atoms with Crippen LogP contribution in [0.15, 0.2) is 60.7 Å². The Morgan fingerprint density at radius 1 is 0.970 bits per heavy atom. The summed E-state index contributed by atoms with van der Waals surface area (Å²) < 4.78 is 24.3. The number of nitrogens with one attached hydrogen (secondary N) is 1. The molecule has 2 N–H and O–H groups in total. The highest BCUT2D eigenvalue weighted by Gasteiger charge is 2.47. The van der Waals surface area contributed by atoms with Crippen molar-refractivity contribution in [2.45, 2.75) is 76.7 Å². The molecule has 7 nitrogen and oxygen atoms in total. The van der Waals surface area contributed by atoms with Gasteiger partial charge in [-0.15, -0.1) is 0 Å². The molecule has 1 aliphatic rings. The summed E-state index contributed by atoms with van der Waals surface area (Å²) >= 11 is 0.